The molecule has 2 N–H and O–H groups in total. The molecule has 0 spiro atoms. The van der Waals surface area contributed by atoms with E-state index in [2.05, 4.69) is 25.5 Å². The number of amides is 2. The van der Waals surface area contributed by atoms with Crippen molar-refractivity contribution in [3.05, 3.63) is 53.9 Å². The third-order valence-electron chi connectivity index (χ3n) is 3.74. The van der Waals surface area contributed by atoms with Crippen molar-refractivity contribution in [3.63, 3.8) is 0 Å². The van der Waals surface area contributed by atoms with Gasteiger partial charge in [0.25, 0.3) is 11.8 Å². The molecule has 3 rings (SSSR count). The lowest BCUT2D eigenvalue weighted by Gasteiger charge is -2.13. The Morgan fingerprint density at radius 2 is 1.83 bits per heavy atom. The average Bonchev–Trinajstić information content (AvgIpc) is 3.20. The Bertz CT molecular complexity index is 1020. The van der Waals surface area contributed by atoms with Crippen LogP contribution in [0.5, 0.6) is 17.6 Å². The summed E-state index contributed by atoms with van der Waals surface area (Å²) in [4.78, 5) is 34.4. The molecular weight excluding hydrogens is 388 g/mol. The van der Waals surface area contributed by atoms with Crippen molar-refractivity contribution in [2.75, 3.05) is 19.4 Å². The van der Waals surface area contributed by atoms with Crippen LogP contribution < -0.4 is 14.8 Å². The van der Waals surface area contributed by atoms with Gasteiger partial charge in [0.15, 0.2) is 5.82 Å². The van der Waals surface area contributed by atoms with E-state index in [0.717, 1.165) is 0 Å². The predicted molar refractivity (Wildman–Crippen MR) is 109 cm³/mol. The summed E-state index contributed by atoms with van der Waals surface area (Å²) in [6.45, 7) is 3.70. The number of anilines is 1. The quantitative estimate of drug-likeness (QED) is 0.614. The van der Waals surface area contributed by atoms with E-state index in [9.17, 15) is 9.59 Å². The van der Waals surface area contributed by atoms with Crippen molar-refractivity contribution in [2.24, 2.45) is 0 Å². The van der Waals surface area contributed by atoms with Crippen LogP contribution in [0.1, 0.15) is 34.6 Å². The highest BCUT2D eigenvalue weighted by Crippen LogP contribution is 2.24. The molecule has 0 unspecified atom stereocenters. The van der Waals surface area contributed by atoms with Gasteiger partial charge >= 0.3 is 0 Å². The summed E-state index contributed by atoms with van der Waals surface area (Å²) in [7, 11) is 3.32. The Kier molecular flexibility index (Phi) is 6.26. The van der Waals surface area contributed by atoms with Gasteiger partial charge < -0.3 is 19.7 Å². The fraction of sp³-hybridized carbons (Fsp3) is 0.250. The van der Waals surface area contributed by atoms with E-state index in [-0.39, 0.29) is 35.2 Å². The smallest absolute Gasteiger partial charge is 0.257 e. The first-order valence-corrected chi connectivity index (χ1v) is 9.17. The van der Waals surface area contributed by atoms with Crippen LogP contribution in [0, 0.1) is 0 Å². The van der Waals surface area contributed by atoms with Crippen molar-refractivity contribution in [3.8, 4) is 17.6 Å². The monoisotopic (exact) mass is 410 g/mol. The van der Waals surface area contributed by atoms with E-state index in [1.165, 1.54) is 23.2 Å². The number of hydrogen-bond acceptors (Lipinski definition) is 7. The lowest BCUT2D eigenvalue weighted by molar-refractivity contribution is 0.0827. The number of H-pyrrole nitrogens is 1. The molecule has 2 amide bonds. The van der Waals surface area contributed by atoms with Crippen LogP contribution >= 0.6 is 0 Å². The molecule has 3 aromatic heterocycles. The van der Waals surface area contributed by atoms with Crippen LogP contribution in [-0.2, 0) is 0 Å². The van der Waals surface area contributed by atoms with Gasteiger partial charge in [-0.05, 0) is 19.9 Å². The summed E-state index contributed by atoms with van der Waals surface area (Å²) >= 11 is 0. The van der Waals surface area contributed by atoms with Crippen LogP contribution in [0.2, 0.25) is 0 Å². The minimum absolute atomic E-state index is 0.125. The Morgan fingerprint density at radius 1 is 1.07 bits per heavy atom. The number of rotatable bonds is 7. The second-order valence-electron chi connectivity index (χ2n) is 6.80. The molecule has 0 aromatic carbocycles. The highest BCUT2D eigenvalue weighted by molar-refractivity contribution is 6.04. The van der Waals surface area contributed by atoms with Crippen LogP contribution in [-0.4, -0.2) is 57.1 Å². The van der Waals surface area contributed by atoms with Gasteiger partial charge in [-0.15, -0.1) is 0 Å². The van der Waals surface area contributed by atoms with Gasteiger partial charge in [-0.3, -0.25) is 14.7 Å². The number of ether oxygens (including phenoxy) is 2. The van der Waals surface area contributed by atoms with E-state index in [0.29, 0.717) is 11.4 Å². The zero-order valence-corrected chi connectivity index (χ0v) is 17.0. The largest absolute Gasteiger partial charge is 0.475 e. The number of hydrogen-bond donors (Lipinski definition) is 2. The minimum Gasteiger partial charge on any atom is -0.475 e. The van der Waals surface area contributed by atoms with Gasteiger partial charge in [0.2, 0.25) is 17.6 Å². The molecule has 0 aliphatic heterocycles. The molecule has 0 aliphatic rings. The summed E-state index contributed by atoms with van der Waals surface area (Å²) in [5.41, 5.74) is 0.703. The number of aromatic amines is 1. The molecular formula is C20H22N6O4. The SMILES string of the molecule is CC(C)Oc1cc(C(=O)Nc2cc[nH]n2)cc(Oc2ccc(C(=O)N(C)C)cn2)n1. The van der Waals surface area contributed by atoms with Crippen LogP contribution in [0.4, 0.5) is 5.82 Å². The molecule has 0 fully saturated rings. The minimum atomic E-state index is -0.400. The summed E-state index contributed by atoms with van der Waals surface area (Å²) in [5.74, 6) is 0.389. The molecule has 156 valence electrons. The second kappa shape index (κ2) is 9.03. The fourth-order valence-electron chi connectivity index (χ4n) is 2.42. The van der Waals surface area contributed by atoms with Crippen molar-refractivity contribution in [1.29, 1.82) is 0 Å². The van der Waals surface area contributed by atoms with Crippen molar-refractivity contribution in [2.45, 2.75) is 20.0 Å². The molecule has 3 aromatic rings. The molecule has 0 saturated carbocycles. The zero-order chi connectivity index (χ0) is 21.7. The van der Waals surface area contributed by atoms with Crippen LogP contribution in [0.25, 0.3) is 0 Å². The topological polar surface area (TPSA) is 122 Å². The van der Waals surface area contributed by atoms with Gasteiger partial charge in [-0.25, -0.2) is 4.98 Å². The molecule has 30 heavy (non-hydrogen) atoms. The number of nitrogens with zero attached hydrogens (tertiary/aromatic N) is 4. The average molecular weight is 410 g/mol. The number of carbonyl (C=O) groups excluding carboxylic acids is 2. The number of pyridine rings is 2. The van der Waals surface area contributed by atoms with E-state index >= 15 is 0 Å². The van der Waals surface area contributed by atoms with E-state index < -0.39 is 5.91 Å². The Hall–Kier alpha value is -3.95. The van der Waals surface area contributed by atoms with Crippen LogP contribution in [0.15, 0.2) is 42.7 Å². The first-order valence-electron chi connectivity index (χ1n) is 9.17. The van der Waals surface area contributed by atoms with Gasteiger partial charge in [-0.1, -0.05) is 0 Å². The lowest BCUT2D eigenvalue weighted by atomic mass is 10.2. The molecule has 3 heterocycles. The number of aromatic nitrogens is 4. The summed E-state index contributed by atoms with van der Waals surface area (Å²) in [6, 6.07) is 7.77. The Labute approximate surface area is 173 Å². The van der Waals surface area contributed by atoms with E-state index in [1.807, 2.05) is 13.8 Å². The van der Waals surface area contributed by atoms with Gasteiger partial charge in [0.1, 0.15) is 0 Å². The lowest BCUT2D eigenvalue weighted by Crippen LogP contribution is -2.21. The van der Waals surface area contributed by atoms with Crippen molar-refractivity contribution < 1.29 is 19.1 Å². The maximum Gasteiger partial charge on any atom is 0.257 e. The van der Waals surface area contributed by atoms with Gasteiger partial charge in [-0.2, -0.15) is 10.1 Å². The van der Waals surface area contributed by atoms with Gasteiger partial charge in [0, 0.05) is 50.8 Å². The highest BCUT2D eigenvalue weighted by atomic mass is 16.5. The molecule has 0 atom stereocenters. The highest BCUT2D eigenvalue weighted by Gasteiger charge is 2.15. The zero-order valence-electron chi connectivity index (χ0n) is 17.0. The number of carbonyl (C=O) groups is 2. The van der Waals surface area contributed by atoms with Crippen molar-refractivity contribution in [1.82, 2.24) is 25.1 Å². The molecule has 0 radical (unpaired) electrons. The first kappa shape index (κ1) is 20.8. The molecule has 10 heteroatoms. The third kappa shape index (κ3) is 5.31. The third-order valence-corrected chi connectivity index (χ3v) is 3.74. The second-order valence-corrected chi connectivity index (χ2v) is 6.80. The Balaban J connectivity index is 1.84. The maximum absolute atomic E-state index is 12.6. The summed E-state index contributed by atoms with van der Waals surface area (Å²) < 4.78 is 11.3. The van der Waals surface area contributed by atoms with E-state index in [1.54, 1.807) is 38.5 Å². The maximum atomic E-state index is 12.6. The van der Waals surface area contributed by atoms with Gasteiger partial charge in [0.05, 0.1) is 17.2 Å². The normalized spacial score (nSPS) is 10.6. The van der Waals surface area contributed by atoms with Crippen molar-refractivity contribution >= 4 is 17.6 Å². The molecule has 10 nitrogen and oxygen atoms in total. The van der Waals surface area contributed by atoms with E-state index in [4.69, 9.17) is 9.47 Å². The fourth-order valence-corrected chi connectivity index (χ4v) is 2.42. The molecule has 0 saturated heterocycles. The molecule has 0 aliphatic carbocycles. The molecule has 0 bridgehead atoms. The first-order chi connectivity index (χ1) is 14.3. The summed E-state index contributed by atoms with van der Waals surface area (Å²) in [5, 5.41) is 9.19. The number of nitrogens with one attached hydrogen (secondary N) is 2. The van der Waals surface area contributed by atoms with Crippen LogP contribution in [0.3, 0.4) is 0 Å². The summed E-state index contributed by atoms with van der Waals surface area (Å²) in [6.07, 6.45) is 2.86. The Morgan fingerprint density at radius 3 is 2.43 bits per heavy atom. The predicted octanol–water partition coefficient (Wildman–Crippen LogP) is 2.73. The standard InChI is InChI=1S/C20H22N6O4/c1-12(2)29-17-9-14(19(27)23-15-7-8-22-25-15)10-18(24-17)30-16-6-5-13(11-21-16)20(28)26(3)4/h5-12H,1-4H3,(H2,22,23,25,27).